The van der Waals surface area contributed by atoms with E-state index >= 15 is 0 Å². The summed E-state index contributed by atoms with van der Waals surface area (Å²) >= 11 is 0. The topological polar surface area (TPSA) is 76.2 Å². The van der Waals surface area contributed by atoms with E-state index in [9.17, 15) is 13.6 Å². The number of carbonyl (C=O) groups is 1. The van der Waals surface area contributed by atoms with E-state index < -0.39 is 11.6 Å². The third-order valence-electron chi connectivity index (χ3n) is 4.35. The fourth-order valence-electron chi connectivity index (χ4n) is 2.87. The van der Waals surface area contributed by atoms with E-state index in [0.29, 0.717) is 0 Å². The molecule has 8 heteroatoms. The molecule has 148 valence electrons. The predicted molar refractivity (Wildman–Crippen MR) is 101 cm³/mol. The van der Waals surface area contributed by atoms with Crippen LogP contribution < -0.4 is 10.1 Å². The molecule has 1 aromatic heterocycles. The van der Waals surface area contributed by atoms with Gasteiger partial charge in [-0.05, 0) is 50.1 Å². The van der Waals surface area contributed by atoms with Crippen LogP contribution in [0.4, 0.5) is 14.5 Å². The maximum Gasteiger partial charge on any atom is 0.253 e. The summed E-state index contributed by atoms with van der Waals surface area (Å²) in [5.74, 6) is -1.97. The molecule has 2 unspecified atom stereocenters. The van der Waals surface area contributed by atoms with Crippen LogP contribution in [0.25, 0.3) is 11.0 Å². The summed E-state index contributed by atoms with van der Waals surface area (Å²) in [6.45, 7) is 1.99. The van der Waals surface area contributed by atoms with Gasteiger partial charge in [-0.2, -0.15) is 4.39 Å². The second-order valence-electron chi connectivity index (χ2n) is 6.39. The molecule has 4 rings (SSSR count). The van der Waals surface area contributed by atoms with Gasteiger partial charge in [0, 0.05) is 5.69 Å². The number of carbonyl (C=O) groups excluding carboxylic acids is 1. The molecule has 1 fully saturated rings. The van der Waals surface area contributed by atoms with E-state index in [1.807, 2.05) is 25.1 Å². The van der Waals surface area contributed by atoms with Crippen LogP contribution in [0, 0.1) is 11.6 Å². The number of imidazole rings is 1. The second-order valence-corrected chi connectivity index (χ2v) is 6.39. The lowest BCUT2D eigenvalue weighted by Crippen LogP contribution is -2.27. The number of hydrogen-bond donors (Lipinski definition) is 2. The molecule has 0 radical (unpaired) electrons. The Labute approximate surface area is 160 Å². The van der Waals surface area contributed by atoms with Crippen LogP contribution in [0.2, 0.25) is 0 Å². The first-order chi connectivity index (χ1) is 13.5. The van der Waals surface area contributed by atoms with Crippen molar-refractivity contribution < 1.29 is 23.0 Å². The molecule has 0 aliphatic carbocycles. The van der Waals surface area contributed by atoms with Crippen LogP contribution in [0.15, 0.2) is 42.7 Å². The Morgan fingerprint density at radius 3 is 2.79 bits per heavy atom. The van der Waals surface area contributed by atoms with Gasteiger partial charge >= 0.3 is 0 Å². The molecular weight excluding hydrogens is 368 g/mol. The van der Waals surface area contributed by atoms with Crippen molar-refractivity contribution >= 4 is 22.6 Å². The first kappa shape index (κ1) is 19.8. The fourth-order valence-corrected chi connectivity index (χ4v) is 2.87. The first-order valence-corrected chi connectivity index (χ1v) is 8.85. The monoisotopic (exact) mass is 389 g/mol. The number of H-pyrrole nitrogens is 1. The molecular formula is C20H21F2N3O3. The number of rotatable bonds is 3. The summed E-state index contributed by atoms with van der Waals surface area (Å²) in [5, 5.41) is 2.87. The van der Waals surface area contributed by atoms with Gasteiger partial charge in [0.15, 0.2) is 11.6 Å². The number of hydrogen-bond acceptors (Lipinski definition) is 4. The van der Waals surface area contributed by atoms with Gasteiger partial charge in [-0.25, -0.2) is 9.37 Å². The maximum atomic E-state index is 12.5. The summed E-state index contributed by atoms with van der Waals surface area (Å²) in [6.07, 6.45) is 3.22. The third-order valence-corrected chi connectivity index (χ3v) is 4.35. The van der Waals surface area contributed by atoms with Crippen molar-refractivity contribution in [3.63, 3.8) is 0 Å². The quantitative estimate of drug-likeness (QED) is 0.709. The molecule has 1 amide bonds. The van der Waals surface area contributed by atoms with Crippen molar-refractivity contribution in [2.75, 3.05) is 12.4 Å². The first-order valence-electron chi connectivity index (χ1n) is 8.85. The van der Waals surface area contributed by atoms with Crippen molar-refractivity contribution in [2.45, 2.75) is 32.0 Å². The maximum absolute atomic E-state index is 12.5. The number of methoxy groups -OCH3 is 1. The standard InChI is InChI=1S/C13H15N3O2.C7H6F2O/c1-8-2-5-12(18-8)13(17)16-9-3-4-10-11(6-9)15-7-14-10;1-10-6-4-2-3-5(8)7(6)9/h3-4,6-8,12H,2,5H2,1H3,(H,14,15)(H,16,17);2-4H,1H3. The highest BCUT2D eigenvalue weighted by molar-refractivity contribution is 5.95. The van der Waals surface area contributed by atoms with E-state index in [-0.39, 0.29) is 23.9 Å². The number of nitrogens with zero attached hydrogens (tertiary/aromatic N) is 1. The summed E-state index contributed by atoms with van der Waals surface area (Å²) in [5.41, 5.74) is 2.56. The summed E-state index contributed by atoms with van der Waals surface area (Å²) in [7, 11) is 1.29. The number of aromatic nitrogens is 2. The summed E-state index contributed by atoms with van der Waals surface area (Å²) < 4.78 is 34.9. The second kappa shape index (κ2) is 8.79. The zero-order valence-corrected chi connectivity index (χ0v) is 15.5. The van der Waals surface area contributed by atoms with Crippen molar-refractivity contribution in [2.24, 2.45) is 0 Å². The van der Waals surface area contributed by atoms with E-state index in [1.54, 1.807) is 6.33 Å². The molecule has 1 saturated heterocycles. The fraction of sp³-hybridized carbons (Fsp3) is 0.300. The molecule has 2 atom stereocenters. The minimum atomic E-state index is -0.940. The zero-order chi connectivity index (χ0) is 20.1. The van der Waals surface area contributed by atoms with Gasteiger partial charge in [0.25, 0.3) is 5.91 Å². The highest BCUT2D eigenvalue weighted by atomic mass is 19.2. The third kappa shape index (κ3) is 4.64. The Morgan fingerprint density at radius 1 is 1.29 bits per heavy atom. The number of halogens is 2. The molecule has 1 aliphatic heterocycles. The van der Waals surface area contributed by atoms with Crippen LogP contribution in [-0.2, 0) is 9.53 Å². The molecule has 0 saturated carbocycles. The number of aromatic amines is 1. The van der Waals surface area contributed by atoms with Gasteiger partial charge in [-0.3, -0.25) is 4.79 Å². The summed E-state index contributed by atoms with van der Waals surface area (Å²) in [4.78, 5) is 19.1. The van der Waals surface area contributed by atoms with Gasteiger partial charge in [0.2, 0.25) is 5.82 Å². The molecule has 1 aliphatic rings. The predicted octanol–water partition coefficient (Wildman–Crippen LogP) is 4.04. The Morgan fingerprint density at radius 2 is 2.11 bits per heavy atom. The molecule has 0 bridgehead atoms. The lowest BCUT2D eigenvalue weighted by molar-refractivity contribution is -0.126. The Bertz CT molecular complexity index is 961. The van der Waals surface area contributed by atoms with Crippen LogP contribution in [-0.4, -0.2) is 35.2 Å². The van der Waals surface area contributed by atoms with Crippen molar-refractivity contribution in [1.29, 1.82) is 0 Å². The normalized spacial score (nSPS) is 18.4. The molecule has 3 aromatic rings. The Kier molecular flexibility index (Phi) is 6.20. The lowest BCUT2D eigenvalue weighted by atomic mass is 10.2. The van der Waals surface area contributed by atoms with Gasteiger partial charge in [0.1, 0.15) is 6.10 Å². The highest BCUT2D eigenvalue weighted by Gasteiger charge is 2.28. The Hall–Kier alpha value is -3.00. The lowest BCUT2D eigenvalue weighted by Gasteiger charge is -2.11. The van der Waals surface area contributed by atoms with Crippen molar-refractivity contribution in [3.05, 3.63) is 54.4 Å². The minimum absolute atomic E-state index is 0.0694. The SMILES string of the molecule is CC1CCC(C(=O)Nc2ccc3nc[nH]c3c2)O1.COc1cccc(F)c1F. The zero-order valence-electron chi connectivity index (χ0n) is 15.5. The number of nitrogens with one attached hydrogen (secondary N) is 2. The van der Waals surface area contributed by atoms with Gasteiger partial charge in [-0.15, -0.1) is 0 Å². The van der Waals surface area contributed by atoms with Crippen LogP contribution in [0.3, 0.4) is 0 Å². The summed E-state index contributed by atoms with van der Waals surface area (Å²) in [6, 6.07) is 9.38. The minimum Gasteiger partial charge on any atom is -0.494 e. The molecule has 0 spiro atoms. The molecule has 28 heavy (non-hydrogen) atoms. The average Bonchev–Trinajstić information content (AvgIpc) is 3.33. The van der Waals surface area contributed by atoms with Crippen LogP contribution in [0.5, 0.6) is 5.75 Å². The van der Waals surface area contributed by atoms with E-state index in [1.165, 1.54) is 19.2 Å². The van der Waals surface area contributed by atoms with Gasteiger partial charge in [-0.1, -0.05) is 6.07 Å². The molecule has 6 nitrogen and oxygen atoms in total. The Balaban J connectivity index is 0.000000192. The number of fused-ring (bicyclic) bond motifs is 1. The largest absolute Gasteiger partial charge is 0.494 e. The van der Waals surface area contributed by atoms with Crippen LogP contribution in [0.1, 0.15) is 19.8 Å². The van der Waals surface area contributed by atoms with E-state index in [4.69, 9.17) is 4.74 Å². The van der Waals surface area contributed by atoms with Crippen LogP contribution >= 0.6 is 0 Å². The number of benzene rings is 2. The smallest absolute Gasteiger partial charge is 0.253 e. The van der Waals surface area contributed by atoms with E-state index in [0.717, 1.165) is 35.6 Å². The number of ether oxygens (including phenoxy) is 2. The van der Waals surface area contributed by atoms with E-state index in [2.05, 4.69) is 20.0 Å². The molecule has 2 aromatic carbocycles. The van der Waals surface area contributed by atoms with Gasteiger partial charge < -0.3 is 19.8 Å². The van der Waals surface area contributed by atoms with Crippen molar-refractivity contribution in [1.82, 2.24) is 9.97 Å². The average molecular weight is 389 g/mol. The molecule has 2 heterocycles. The number of anilines is 1. The highest BCUT2D eigenvalue weighted by Crippen LogP contribution is 2.22. The van der Waals surface area contributed by atoms with Crippen molar-refractivity contribution in [3.8, 4) is 5.75 Å². The molecule has 2 N–H and O–H groups in total. The van der Waals surface area contributed by atoms with Gasteiger partial charge in [0.05, 0.1) is 30.6 Å². The number of amides is 1.